The monoisotopic (exact) mass is 401 g/mol. The Hall–Kier alpha value is -2.32. The lowest BCUT2D eigenvalue weighted by Gasteiger charge is -2.29. The van der Waals surface area contributed by atoms with Crippen LogP contribution in [0.1, 0.15) is 6.92 Å². The minimum absolute atomic E-state index is 0.0964. The molecular formula is C17H17ClFNO5S. The molecule has 0 N–H and O–H groups in total. The summed E-state index contributed by atoms with van der Waals surface area (Å²) in [5, 5.41) is -0.881. The molecule has 0 aliphatic heterocycles. The van der Waals surface area contributed by atoms with E-state index >= 15 is 0 Å². The summed E-state index contributed by atoms with van der Waals surface area (Å²) in [6.07, 6.45) is 0. The number of hydrogen-bond donors (Lipinski definition) is 0. The van der Waals surface area contributed by atoms with Gasteiger partial charge in [-0.2, -0.15) is 0 Å². The molecule has 0 aliphatic rings. The van der Waals surface area contributed by atoms with Crippen LogP contribution < -0.4 is 13.8 Å². The highest BCUT2D eigenvalue weighted by Gasteiger charge is 2.34. The van der Waals surface area contributed by atoms with E-state index in [-0.39, 0.29) is 16.3 Å². The van der Waals surface area contributed by atoms with Gasteiger partial charge >= 0.3 is 0 Å². The largest absolute Gasteiger partial charge is 0.497 e. The first-order valence-electron chi connectivity index (χ1n) is 7.43. The fourth-order valence-electron chi connectivity index (χ4n) is 2.33. The predicted octanol–water partition coefficient (Wildman–Crippen LogP) is 3.19. The van der Waals surface area contributed by atoms with Gasteiger partial charge < -0.3 is 9.47 Å². The normalized spacial score (nSPS) is 12.3. The van der Waals surface area contributed by atoms with Crippen LogP contribution >= 0.6 is 11.6 Å². The zero-order valence-corrected chi connectivity index (χ0v) is 15.8. The minimum atomic E-state index is -4.23. The number of nitrogens with zero attached hydrogens (tertiary/aromatic N) is 1. The van der Waals surface area contributed by atoms with Crippen LogP contribution in [0.2, 0.25) is 0 Å². The highest BCUT2D eigenvalue weighted by atomic mass is 35.5. The van der Waals surface area contributed by atoms with Crippen molar-refractivity contribution in [2.75, 3.05) is 18.5 Å². The molecule has 0 radical (unpaired) electrons. The van der Waals surface area contributed by atoms with Gasteiger partial charge in [-0.15, -0.1) is 0 Å². The van der Waals surface area contributed by atoms with Crippen LogP contribution in [0.5, 0.6) is 11.5 Å². The first-order chi connectivity index (χ1) is 12.2. The van der Waals surface area contributed by atoms with Crippen LogP contribution in [0.25, 0.3) is 0 Å². The Bertz CT molecular complexity index is 902. The van der Waals surface area contributed by atoms with E-state index in [4.69, 9.17) is 21.1 Å². The molecule has 6 nitrogen and oxygen atoms in total. The lowest BCUT2D eigenvalue weighted by Crippen LogP contribution is -2.42. The highest BCUT2D eigenvalue weighted by Crippen LogP contribution is 2.37. The van der Waals surface area contributed by atoms with E-state index in [2.05, 4.69) is 0 Å². The number of rotatable bonds is 7. The SMILES string of the molecule is COc1ccc(N(C(C)C(=O)Cl)S(=O)(=O)c2ccc(F)cc2)c(OC)c1. The second-order valence-corrected chi connectivity index (χ2v) is 7.46. The van der Waals surface area contributed by atoms with Crippen molar-refractivity contribution < 1.29 is 27.1 Å². The number of methoxy groups -OCH3 is 2. The molecule has 1 atom stereocenters. The number of hydrogen-bond acceptors (Lipinski definition) is 5. The number of carbonyl (C=O) groups excluding carboxylic acids is 1. The molecule has 0 spiro atoms. The van der Waals surface area contributed by atoms with Gasteiger partial charge in [0.2, 0.25) is 5.24 Å². The molecule has 0 aliphatic carbocycles. The first kappa shape index (κ1) is 20.0. The quantitative estimate of drug-likeness (QED) is 0.666. The maximum Gasteiger partial charge on any atom is 0.265 e. The third-order valence-corrected chi connectivity index (χ3v) is 5.89. The fraction of sp³-hybridized carbons (Fsp3) is 0.235. The molecule has 0 bridgehead atoms. The summed E-state index contributed by atoms with van der Waals surface area (Å²) in [7, 11) is -1.42. The van der Waals surface area contributed by atoms with Gasteiger partial charge in [0, 0.05) is 6.07 Å². The topological polar surface area (TPSA) is 72.9 Å². The molecule has 0 heterocycles. The highest BCUT2D eigenvalue weighted by molar-refractivity contribution is 7.93. The van der Waals surface area contributed by atoms with E-state index in [0.29, 0.717) is 5.75 Å². The van der Waals surface area contributed by atoms with Gasteiger partial charge in [-0.25, -0.2) is 12.8 Å². The summed E-state index contributed by atoms with van der Waals surface area (Å²) in [6, 6.07) is 7.47. The average Bonchev–Trinajstić information content (AvgIpc) is 2.62. The number of ether oxygens (including phenoxy) is 2. The van der Waals surface area contributed by atoms with Crippen molar-refractivity contribution in [2.24, 2.45) is 0 Å². The van der Waals surface area contributed by atoms with E-state index in [1.165, 1.54) is 39.3 Å². The Morgan fingerprint density at radius 3 is 2.23 bits per heavy atom. The summed E-state index contributed by atoms with van der Waals surface area (Å²) in [5.41, 5.74) is 0.0964. The third kappa shape index (κ3) is 3.91. The molecular weight excluding hydrogens is 385 g/mol. The molecule has 0 fully saturated rings. The predicted molar refractivity (Wildman–Crippen MR) is 95.9 cm³/mol. The molecule has 9 heteroatoms. The molecule has 0 amide bonds. The molecule has 2 rings (SSSR count). The molecule has 26 heavy (non-hydrogen) atoms. The molecule has 0 saturated heterocycles. The zero-order valence-electron chi connectivity index (χ0n) is 14.3. The molecule has 0 aromatic heterocycles. The van der Waals surface area contributed by atoms with E-state index < -0.39 is 27.1 Å². The van der Waals surface area contributed by atoms with Crippen LogP contribution in [-0.2, 0) is 14.8 Å². The maximum atomic E-state index is 13.2. The van der Waals surface area contributed by atoms with Gasteiger partial charge in [-0.05, 0) is 54.9 Å². The van der Waals surface area contributed by atoms with Gasteiger partial charge in [-0.1, -0.05) is 0 Å². The second kappa shape index (κ2) is 7.92. The molecule has 0 saturated carbocycles. The summed E-state index contributed by atoms with van der Waals surface area (Å²) in [5.74, 6) is 0.0217. The summed E-state index contributed by atoms with van der Waals surface area (Å²) in [4.78, 5) is 11.6. The van der Waals surface area contributed by atoms with Crippen molar-refractivity contribution in [1.82, 2.24) is 0 Å². The van der Waals surface area contributed by atoms with Crippen LogP contribution in [0.15, 0.2) is 47.4 Å². The van der Waals surface area contributed by atoms with Crippen molar-refractivity contribution >= 4 is 32.6 Å². The zero-order chi connectivity index (χ0) is 19.5. The summed E-state index contributed by atoms with van der Waals surface area (Å²) >= 11 is 5.58. The van der Waals surface area contributed by atoms with Gasteiger partial charge in [0.15, 0.2) is 0 Å². The molecule has 1 unspecified atom stereocenters. The van der Waals surface area contributed by atoms with Gasteiger partial charge in [0.05, 0.1) is 24.8 Å². The molecule has 2 aromatic carbocycles. The Balaban J connectivity index is 2.68. The lowest BCUT2D eigenvalue weighted by atomic mass is 10.2. The van der Waals surface area contributed by atoms with Crippen LogP contribution in [0, 0.1) is 5.82 Å². The number of sulfonamides is 1. The second-order valence-electron chi connectivity index (χ2n) is 5.27. The number of carbonyl (C=O) groups is 1. The van der Waals surface area contributed by atoms with Crippen molar-refractivity contribution in [3.8, 4) is 11.5 Å². The summed E-state index contributed by atoms with van der Waals surface area (Å²) in [6.45, 7) is 1.35. The van der Waals surface area contributed by atoms with Gasteiger partial charge in [-0.3, -0.25) is 9.10 Å². The van der Waals surface area contributed by atoms with Crippen LogP contribution in [0.4, 0.5) is 10.1 Å². The number of anilines is 1. The lowest BCUT2D eigenvalue weighted by molar-refractivity contribution is -0.112. The summed E-state index contributed by atoms with van der Waals surface area (Å²) < 4.78 is 50.6. The fourth-order valence-corrected chi connectivity index (χ4v) is 4.11. The minimum Gasteiger partial charge on any atom is -0.497 e. The smallest absolute Gasteiger partial charge is 0.265 e. The van der Waals surface area contributed by atoms with Crippen molar-refractivity contribution in [1.29, 1.82) is 0 Å². The molecule has 140 valence electrons. The van der Waals surface area contributed by atoms with Crippen molar-refractivity contribution in [3.63, 3.8) is 0 Å². The van der Waals surface area contributed by atoms with Gasteiger partial charge in [0.25, 0.3) is 10.0 Å². The standard InChI is InChI=1S/C17H17ClFNO5S/c1-11(17(18)21)20(15-9-6-13(24-2)10-16(15)25-3)26(22,23)14-7-4-12(19)5-8-14/h4-11H,1-3H3. The van der Waals surface area contributed by atoms with E-state index in [0.717, 1.165) is 28.6 Å². The van der Waals surface area contributed by atoms with E-state index in [1.807, 2.05) is 0 Å². The van der Waals surface area contributed by atoms with Crippen molar-refractivity contribution in [2.45, 2.75) is 17.9 Å². The van der Waals surface area contributed by atoms with E-state index in [9.17, 15) is 17.6 Å². The van der Waals surface area contributed by atoms with Crippen molar-refractivity contribution in [3.05, 3.63) is 48.3 Å². The Labute approximate surface area is 156 Å². The number of benzene rings is 2. The van der Waals surface area contributed by atoms with Gasteiger partial charge in [0.1, 0.15) is 23.4 Å². The van der Waals surface area contributed by atoms with E-state index in [1.54, 1.807) is 0 Å². The number of halogens is 2. The first-order valence-corrected chi connectivity index (χ1v) is 9.25. The Morgan fingerprint density at radius 1 is 1.12 bits per heavy atom. The third-order valence-electron chi connectivity index (χ3n) is 3.67. The Morgan fingerprint density at radius 2 is 1.73 bits per heavy atom. The average molecular weight is 402 g/mol. The maximum absolute atomic E-state index is 13.2. The van der Waals surface area contributed by atoms with Crippen LogP contribution in [0.3, 0.4) is 0 Å². The van der Waals surface area contributed by atoms with Crippen LogP contribution in [-0.4, -0.2) is 33.9 Å². The Kier molecular flexibility index (Phi) is 6.09. The molecule has 2 aromatic rings.